The number of thiophene rings is 1. The van der Waals surface area contributed by atoms with Crippen molar-refractivity contribution in [3.63, 3.8) is 0 Å². The number of amides is 1. The molecule has 0 radical (unpaired) electrons. The number of nitrogens with one attached hydrogen (secondary N) is 1. The van der Waals surface area contributed by atoms with Gasteiger partial charge in [0.2, 0.25) is 5.89 Å². The van der Waals surface area contributed by atoms with Crippen LogP contribution in [0.25, 0.3) is 21.5 Å². The van der Waals surface area contributed by atoms with E-state index in [4.69, 9.17) is 4.42 Å². The molecule has 3 aromatic heterocycles. The largest absolute Gasteiger partial charge is 0.420 e. The van der Waals surface area contributed by atoms with Gasteiger partial charge in [0.25, 0.3) is 11.8 Å². The van der Waals surface area contributed by atoms with Crippen molar-refractivity contribution < 1.29 is 9.21 Å². The molecule has 4 rings (SSSR count). The van der Waals surface area contributed by atoms with Gasteiger partial charge in [-0.2, -0.15) is 0 Å². The topological polar surface area (TPSA) is 80.9 Å². The second kappa shape index (κ2) is 6.68. The minimum Gasteiger partial charge on any atom is -0.420 e. The molecule has 0 atom stereocenters. The smallest absolute Gasteiger partial charge is 0.274 e. The molecular formula is C19H16N4O2S. The lowest BCUT2D eigenvalue weighted by Gasteiger charge is -2.06. The number of aryl methyl sites for hydroxylation is 2. The van der Waals surface area contributed by atoms with E-state index < -0.39 is 0 Å². The Morgan fingerprint density at radius 3 is 2.88 bits per heavy atom. The summed E-state index contributed by atoms with van der Waals surface area (Å²) in [5.74, 6) is 0.823. The zero-order chi connectivity index (χ0) is 18.1. The molecule has 130 valence electrons. The van der Waals surface area contributed by atoms with Crippen LogP contribution < -0.4 is 5.32 Å². The molecule has 3 heterocycles. The van der Waals surface area contributed by atoms with Crippen LogP contribution in [0, 0.1) is 6.92 Å². The summed E-state index contributed by atoms with van der Waals surface area (Å²) < 4.78 is 5.60. The van der Waals surface area contributed by atoms with Gasteiger partial charge in [-0.05, 0) is 24.4 Å². The Kier molecular flexibility index (Phi) is 4.22. The summed E-state index contributed by atoms with van der Waals surface area (Å²) in [6.07, 6.45) is 2.33. The van der Waals surface area contributed by atoms with Crippen molar-refractivity contribution in [2.45, 2.75) is 20.3 Å². The van der Waals surface area contributed by atoms with E-state index in [1.54, 1.807) is 6.20 Å². The Morgan fingerprint density at radius 2 is 2.08 bits per heavy atom. The van der Waals surface area contributed by atoms with E-state index in [0.717, 1.165) is 26.2 Å². The molecule has 0 aliphatic carbocycles. The Bertz CT molecular complexity index is 1090. The first-order valence-corrected chi connectivity index (χ1v) is 9.05. The Labute approximate surface area is 153 Å². The van der Waals surface area contributed by atoms with Crippen molar-refractivity contribution in [3.8, 4) is 10.8 Å². The Balaban J connectivity index is 1.63. The monoisotopic (exact) mass is 364 g/mol. The molecule has 1 amide bonds. The molecular weight excluding hydrogens is 348 g/mol. The van der Waals surface area contributed by atoms with Gasteiger partial charge in [0.1, 0.15) is 5.69 Å². The molecule has 0 saturated carbocycles. The van der Waals surface area contributed by atoms with Crippen LogP contribution >= 0.6 is 11.3 Å². The number of carbonyl (C=O) groups is 1. The molecule has 7 heteroatoms. The van der Waals surface area contributed by atoms with Gasteiger partial charge in [-0.15, -0.1) is 21.5 Å². The Morgan fingerprint density at radius 1 is 1.23 bits per heavy atom. The highest BCUT2D eigenvalue weighted by Crippen LogP contribution is 2.34. The number of anilines is 1. The number of aromatic nitrogens is 3. The van der Waals surface area contributed by atoms with E-state index in [0.29, 0.717) is 23.9 Å². The predicted molar refractivity (Wildman–Crippen MR) is 101 cm³/mol. The summed E-state index contributed by atoms with van der Waals surface area (Å²) in [5, 5.41) is 12.8. The van der Waals surface area contributed by atoms with Gasteiger partial charge in [-0.25, -0.2) is 0 Å². The van der Waals surface area contributed by atoms with Crippen LogP contribution in [0.4, 0.5) is 5.69 Å². The molecule has 1 N–H and O–H groups in total. The maximum Gasteiger partial charge on any atom is 0.274 e. The van der Waals surface area contributed by atoms with E-state index in [1.807, 2.05) is 50.2 Å². The summed E-state index contributed by atoms with van der Waals surface area (Å²) in [6, 6.07) is 11.4. The molecule has 0 fully saturated rings. The summed E-state index contributed by atoms with van der Waals surface area (Å²) in [6.45, 7) is 3.90. The molecule has 6 nitrogen and oxygen atoms in total. The molecule has 4 aromatic rings. The van der Waals surface area contributed by atoms with Crippen LogP contribution in [0.2, 0.25) is 0 Å². The third-order valence-electron chi connectivity index (χ3n) is 4.03. The SMILES string of the molecule is CCc1nnc(-c2cc(NC(=O)c3nccc4ccccc34)c(C)s2)o1. The molecule has 0 spiro atoms. The van der Waals surface area contributed by atoms with Crippen LogP contribution in [0.5, 0.6) is 0 Å². The minimum absolute atomic E-state index is 0.242. The van der Waals surface area contributed by atoms with Gasteiger partial charge in [-0.3, -0.25) is 9.78 Å². The highest BCUT2D eigenvalue weighted by Gasteiger charge is 2.17. The molecule has 0 bridgehead atoms. The van der Waals surface area contributed by atoms with Crippen LogP contribution in [0.3, 0.4) is 0 Å². The predicted octanol–water partition coefficient (Wildman–Crippen LogP) is 4.47. The number of carbonyl (C=O) groups excluding carboxylic acids is 1. The lowest BCUT2D eigenvalue weighted by Crippen LogP contribution is -2.14. The quantitative estimate of drug-likeness (QED) is 0.578. The number of fused-ring (bicyclic) bond motifs is 1. The van der Waals surface area contributed by atoms with Crippen LogP contribution in [0.15, 0.2) is 47.0 Å². The maximum atomic E-state index is 12.8. The summed E-state index contributed by atoms with van der Waals surface area (Å²) >= 11 is 1.50. The third kappa shape index (κ3) is 2.97. The fourth-order valence-electron chi connectivity index (χ4n) is 2.69. The average molecular weight is 364 g/mol. The standard InChI is InChI=1S/C19H16N4O2S/c1-3-16-22-23-19(25-16)15-10-14(11(2)26-15)21-18(24)17-13-7-5-4-6-12(13)8-9-20-17/h4-10H,3H2,1-2H3,(H,21,24). The van der Waals surface area contributed by atoms with Crippen molar-refractivity contribution in [1.82, 2.24) is 15.2 Å². The highest BCUT2D eigenvalue weighted by atomic mass is 32.1. The fourth-order valence-corrected chi connectivity index (χ4v) is 3.59. The van der Waals surface area contributed by atoms with E-state index in [1.165, 1.54) is 11.3 Å². The lowest BCUT2D eigenvalue weighted by atomic mass is 10.1. The van der Waals surface area contributed by atoms with Crippen LogP contribution in [-0.2, 0) is 6.42 Å². The van der Waals surface area contributed by atoms with Gasteiger partial charge in [0, 0.05) is 22.9 Å². The van der Waals surface area contributed by atoms with Gasteiger partial charge < -0.3 is 9.73 Å². The normalized spacial score (nSPS) is 11.0. The molecule has 1 aromatic carbocycles. The summed E-state index contributed by atoms with van der Waals surface area (Å²) in [4.78, 5) is 18.8. The zero-order valence-corrected chi connectivity index (χ0v) is 15.1. The van der Waals surface area contributed by atoms with Crippen LogP contribution in [0.1, 0.15) is 28.2 Å². The van der Waals surface area contributed by atoms with Crippen molar-refractivity contribution in [2.75, 3.05) is 5.32 Å². The number of hydrogen-bond acceptors (Lipinski definition) is 6. The summed E-state index contributed by atoms with van der Waals surface area (Å²) in [7, 11) is 0. The molecule has 0 aliphatic heterocycles. The van der Waals surface area contributed by atoms with E-state index in [2.05, 4.69) is 20.5 Å². The Hall–Kier alpha value is -3.06. The van der Waals surface area contributed by atoms with Crippen molar-refractivity contribution in [3.05, 3.63) is 59.1 Å². The van der Waals surface area contributed by atoms with Gasteiger partial charge in [0.05, 0.1) is 10.6 Å². The first-order valence-electron chi connectivity index (χ1n) is 8.24. The lowest BCUT2D eigenvalue weighted by molar-refractivity contribution is 0.102. The highest BCUT2D eigenvalue weighted by molar-refractivity contribution is 7.15. The zero-order valence-electron chi connectivity index (χ0n) is 14.3. The molecule has 26 heavy (non-hydrogen) atoms. The first-order chi connectivity index (χ1) is 12.7. The number of rotatable bonds is 4. The molecule has 0 aliphatic rings. The fraction of sp³-hybridized carbons (Fsp3) is 0.158. The van der Waals surface area contributed by atoms with Gasteiger partial charge in [0.15, 0.2) is 0 Å². The average Bonchev–Trinajstić information content (AvgIpc) is 3.28. The van der Waals surface area contributed by atoms with E-state index >= 15 is 0 Å². The number of pyridine rings is 1. The molecule has 0 saturated heterocycles. The van der Waals surface area contributed by atoms with E-state index in [9.17, 15) is 4.79 Å². The van der Waals surface area contributed by atoms with E-state index in [-0.39, 0.29) is 5.91 Å². The van der Waals surface area contributed by atoms with Crippen molar-refractivity contribution in [1.29, 1.82) is 0 Å². The second-order valence-electron chi connectivity index (χ2n) is 5.77. The van der Waals surface area contributed by atoms with Crippen LogP contribution in [-0.4, -0.2) is 21.1 Å². The minimum atomic E-state index is -0.242. The van der Waals surface area contributed by atoms with Gasteiger partial charge >= 0.3 is 0 Å². The molecule has 0 unspecified atom stereocenters. The second-order valence-corrected chi connectivity index (χ2v) is 7.03. The third-order valence-corrected chi connectivity index (χ3v) is 5.07. The van der Waals surface area contributed by atoms with Crippen molar-refractivity contribution >= 4 is 33.7 Å². The number of hydrogen-bond donors (Lipinski definition) is 1. The summed E-state index contributed by atoms with van der Waals surface area (Å²) in [5.41, 5.74) is 1.13. The van der Waals surface area contributed by atoms with Crippen molar-refractivity contribution in [2.24, 2.45) is 0 Å². The first kappa shape index (κ1) is 16.4. The number of nitrogens with zero attached hydrogens (tertiary/aromatic N) is 3. The number of benzene rings is 1. The maximum absolute atomic E-state index is 12.8. The van der Waals surface area contributed by atoms with Gasteiger partial charge in [-0.1, -0.05) is 31.2 Å².